The number of hydrogen-bond acceptors (Lipinski definition) is 3. The Balaban J connectivity index is 2.18. The van der Waals surface area contributed by atoms with Gasteiger partial charge in [-0.2, -0.15) is 0 Å². The van der Waals surface area contributed by atoms with E-state index in [4.69, 9.17) is 15.9 Å². The second kappa shape index (κ2) is 4.91. The van der Waals surface area contributed by atoms with Crippen LogP contribution in [-0.4, -0.2) is 17.3 Å². The van der Waals surface area contributed by atoms with Gasteiger partial charge in [0.25, 0.3) is 0 Å². The molecule has 1 aromatic carbocycles. The van der Waals surface area contributed by atoms with Gasteiger partial charge in [0, 0.05) is 24.5 Å². The maximum atomic E-state index is 10.1. The molecule has 3 heteroatoms. The molecule has 1 aliphatic rings. The first-order chi connectivity index (χ1) is 8.52. The summed E-state index contributed by atoms with van der Waals surface area (Å²) in [4.78, 5) is 0. The van der Waals surface area contributed by atoms with Gasteiger partial charge < -0.3 is 14.6 Å². The van der Waals surface area contributed by atoms with Gasteiger partial charge in [-0.3, -0.25) is 0 Å². The summed E-state index contributed by atoms with van der Waals surface area (Å²) in [6.07, 6.45) is 5.86. The van der Waals surface area contributed by atoms with Crippen LogP contribution in [0.3, 0.4) is 0 Å². The van der Waals surface area contributed by atoms with E-state index in [0.29, 0.717) is 30.9 Å². The molecule has 3 nitrogen and oxygen atoms in total. The molecule has 96 valence electrons. The Morgan fingerprint density at radius 1 is 1.56 bits per heavy atom. The third-order valence-corrected chi connectivity index (χ3v) is 2.93. The molecule has 1 unspecified atom stereocenters. The number of rotatable bonds is 3. The van der Waals surface area contributed by atoms with Gasteiger partial charge in [-0.05, 0) is 26.0 Å². The third-order valence-electron chi connectivity index (χ3n) is 2.93. The minimum atomic E-state index is -0.483. The number of benzene rings is 1. The normalized spacial score (nSPS) is 20.4. The van der Waals surface area contributed by atoms with Crippen molar-refractivity contribution in [2.45, 2.75) is 38.4 Å². The van der Waals surface area contributed by atoms with E-state index >= 15 is 0 Å². The van der Waals surface area contributed by atoms with Crippen molar-refractivity contribution in [1.29, 1.82) is 0 Å². The van der Waals surface area contributed by atoms with Gasteiger partial charge in [0.05, 0.1) is 12.7 Å². The van der Waals surface area contributed by atoms with Crippen molar-refractivity contribution in [1.82, 2.24) is 0 Å². The molecule has 18 heavy (non-hydrogen) atoms. The zero-order chi connectivity index (χ0) is 13.2. The van der Waals surface area contributed by atoms with E-state index < -0.39 is 6.10 Å². The van der Waals surface area contributed by atoms with Crippen molar-refractivity contribution in [3.63, 3.8) is 0 Å². The Bertz CT molecular complexity index is 471. The third kappa shape index (κ3) is 2.77. The summed E-state index contributed by atoms with van der Waals surface area (Å²) in [7, 11) is 0. The Morgan fingerprint density at radius 3 is 3.06 bits per heavy atom. The second-order valence-electron chi connectivity index (χ2n) is 5.08. The number of aliphatic hydroxyl groups excluding tert-OH is 1. The fourth-order valence-corrected chi connectivity index (χ4v) is 2.11. The fraction of sp³-hybridized carbons (Fsp3) is 0.467. The molecule has 0 bridgehead atoms. The van der Waals surface area contributed by atoms with Crippen LogP contribution in [0.25, 0.3) is 0 Å². The molecule has 0 saturated heterocycles. The van der Waals surface area contributed by atoms with Gasteiger partial charge in [-0.25, -0.2) is 0 Å². The second-order valence-corrected chi connectivity index (χ2v) is 5.08. The highest BCUT2D eigenvalue weighted by molar-refractivity contribution is 5.43. The summed E-state index contributed by atoms with van der Waals surface area (Å²) in [5, 5.41) is 10.1. The predicted molar refractivity (Wildman–Crippen MR) is 69.7 cm³/mol. The van der Waals surface area contributed by atoms with Crippen LogP contribution in [0.1, 0.15) is 38.4 Å². The molecule has 0 aromatic heterocycles. The van der Waals surface area contributed by atoms with Crippen molar-refractivity contribution >= 4 is 0 Å². The monoisotopic (exact) mass is 246 g/mol. The maximum Gasteiger partial charge on any atom is 0.129 e. The summed E-state index contributed by atoms with van der Waals surface area (Å²) < 4.78 is 11.4. The lowest BCUT2D eigenvalue weighted by Gasteiger charge is -2.35. The van der Waals surface area contributed by atoms with Gasteiger partial charge in [0.15, 0.2) is 0 Å². The van der Waals surface area contributed by atoms with E-state index in [1.54, 1.807) is 0 Å². The van der Waals surface area contributed by atoms with Crippen LogP contribution < -0.4 is 9.47 Å². The molecule has 0 aliphatic carbocycles. The lowest BCUT2D eigenvalue weighted by molar-refractivity contribution is 0.0113. The van der Waals surface area contributed by atoms with Gasteiger partial charge in [-0.15, -0.1) is 12.3 Å². The highest BCUT2D eigenvalue weighted by Gasteiger charge is 2.32. The van der Waals surface area contributed by atoms with E-state index in [2.05, 4.69) is 5.92 Å². The molecular formula is C15H18O3. The average Bonchev–Trinajstić information content (AvgIpc) is 2.27. The SMILES string of the molecule is C#CCCOc1ccc2c(c1)OC(C)(C)CC2O. The predicted octanol–water partition coefficient (Wildman–Crippen LogP) is 2.68. The minimum Gasteiger partial charge on any atom is -0.492 e. The lowest BCUT2D eigenvalue weighted by Crippen LogP contribution is -2.34. The van der Waals surface area contributed by atoms with E-state index in [1.807, 2.05) is 32.0 Å². The van der Waals surface area contributed by atoms with E-state index in [-0.39, 0.29) is 5.60 Å². The van der Waals surface area contributed by atoms with Crippen LogP contribution in [-0.2, 0) is 0 Å². The molecular weight excluding hydrogens is 228 g/mol. The number of terminal acetylenes is 1. The molecule has 1 N–H and O–H groups in total. The molecule has 1 aliphatic heterocycles. The summed E-state index contributed by atoms with van der Waals surface area (Å²) in [6, 6.07) is 5.50. The summed E-state index contributed by atoms with van der Waals surface area (Å²) in [5.74, 6) is 3.93. The Hall–Kier alpha value is -1.66. The summed E-state index contributed by atoms with van der Waals surface area (Å²) in [6.45, 7) is 4.41. The van der Waals surface area contributed by atoms with Crippen molar-refractivity contribution < 1.29 is 14.6 Å². The molecule has 0 spiro atoms. The van der Waals surface area contributed by atoms with E-state index in [1.165, 1.54) is 0 Å². The minimum absolute atomic E-state index is 0.357. The van der Waals surface area contributed by atoms with Gasteiger partial charge >= 0.3 is 0 Å². The number of hydrogen-bond donors (Lipinski definition) is 1. The molecule has 1 atom stereocenters. The lowest BCUT2D eigenvalue weighted by atomic mass is 9.92. The summed E-state index contributed by atoms with van der Waals surface area (Å²) in [5.41, 5.74) is 0.461. The molecule has 0 amide bonds. The molecule has 1 aromatic rings. The maximum absolute atomic E-state index is 10.1. The van der Waals surface area contributed by atoms with Crippen molar-refractivity contribution in [2.24, 2.45) is 0 Å². The summed E-state index contributed by atoms with van der Waals surface area (Å²) >= 11 is 0. The highest BCUT2D eigenvalue weighted by Crippen LogP contribution is 2.40. The number of ether oxygens (including phenoxy) is 2. The van der Waals surface area contributed by atoms with Crippen LogP contribution in [0, 0.1) is 12.3 Å². The molecule has 2 rings (SSSR count). The molecule has 1 heterocycles. The first kappa shape index (κ1) is 12.8. The van der Waals surface area contributed by atoms with Gasteiger partial charge in [0.2, 0.25) is 0 Å². The first-order valence-corrected chi connectivity index (χ1v) is 6.09. The van der Waals surface area contributed by atoms with Crippen LogP contribution >= 0.6 is 0 Å². The number of fused-ring (bicyclic) bond motifs is 1. The average molecular weight is 246 g/mol. The van der Waals surface area contributed by atoms with Crippen LogP contribution in [0.15, 0.2) is 18.2 Å². The smallest absolute Gasteiger partial charge is 0.129 e. The van der Waals surface area contributed by atoms with E-state index in [0.717, 1.165) is 5.56 Å². The van der Waals surface area contributed by atoms with Crippen molar-refractivity contribution in [3.05, 3.63) is 23.8 Å². The topological polar surface area (TPSA) is 38.7 Å². The first-order valence-electron chi connectivity index (χ1n) is 6.09. The Labute approximate surface area is 108 Å². The number of aliphatic hydroxyl groups is 1. The Kier molecular flexibility index (Phi) is 3.49. The van der Waals surface area contributed by atoms with Gasteiger partial charge in [0.1, 0.15) is 17.1 Å². The van der Waals surface area contributed by atoms with Crippen LogP contribution in [0.4, 0.5) is 0 Å². The van der Waals surface area contributed by atoms with Crippen molar-refractivity contribution in [2.75, 3.05) is 6.61 Å². The zero-order valence-corrected chi connectivity index (χ0v) is 10.8. The quantitative estimate of drug-likeness (QED) is 0.658. The Morgan fingerprint density at radius 2 is 2.33 bits per heavy atom. The van der Waals surface area contributed by atoms with E-state index in [9.17, 15) is 5.11 Å². The fourth-order valence-electron chi connectivity index (χ4n) is 2.11. The van der Waals surface area contributed by atoms with Crippen LogP contribution in [0.5, 0.6) is 11.5 Å². The van der Waals surface area contributed by atoms with Crippen LogP contribution in [0.2, 0.25) is 0 Å². The largest absolute Gasteiger partial charge is 0.492 e. The highest BCUT2D eigenvalue weighted by atomic mass is 16.5. The zero-order valence-electron chi connectivity index (χ0n) is 10.8. The molecule has 0 radical (unpaired) electrons. The standard InChI is InChI=1S/C15H18O3/c1-4-5-8-17-11-6-7-12-13(16)10-15(2,3)18-14(12)9-11/h1,6-7,9,13,16H,5,8,10H2,2-3H3. The van der Waals surface area contributed by atoms with Crippen molar-refractivity contribution in [3.8, 4) is 23.8 Å². The molecule has 0 saturated carbocycles. The molecule has 0 fully saturated rings. The van der Waals surface area contributed by atoms with Gasteiger partial charge in [-0.1, -0.05) is 0 Å².